The fourth-order valence-corrected chi connectivity index (χ4v) is 3.05. The minimum absolute atomic E-state index is 0.0827. The number of hydrogen-bond acceptors (Lipinski definition) is 9. The molecular weight excluding hydrogens is 324 g/mol. The van der Waals surface area contributed by atoms with Crippen LogP contribution in [0.3, 0.4) is 0 Å². The first-order chi connectivity index (χ1) is 12.0. The Labute approximate surface area is 147 Å². The summed E-state index contributed by atoms with van der Waals surface area (Å²) in [6.07, 6.45) is 0. The van der Waals surface area contributed by atoms with Gasteiger partial charge >= 0.3 is 5.97 Å². The normalized spacial score (nSPS) is 19.9. The predicted molar refractivity (Wildman–Crippen MR) is 95.4 cm³/mol. The lowest BCUT2D eigenvalue weighted by Crippen LogP contribution is -2.49. The van der Waals surface area contributed by atoms with Gasteiger partial charge in [-0.2, -0.15) is 15.0 Å². The van der Waals surface area contributed by atoms with Crippen LogP contribution in [0.2, 0.25) is 0 Å². The number of likely N-dealkylation sites (N-methyl/N-ethyl adjacent to an activating group) is 1. The Morgan fingerprint density at radius 1 is 0.960 bits per heavy atom. The third-order valence-corrected chi connectivity index (χ3v) is 4.64. The molecule has 0 spiro atoms. The molecule has 0 radical (unpaired) electrons. The molecule has 138 valence electrons. The molecule has 1 aromatic heterocycles. The van der Waals surface area contributed by atoms with Gasteiger partial charge in [-0.15, -0.1) is 0 Å². The van der Waals surface area contributed by atoms with Gasteiger partial charge in [-0.25, -0.2) is 0 Å². The highest BCUT2D eigenvalue weighted by atomic mass is 16.4. The molecule has 2 fully saturated rings. The van der Waals surface area contributed by atoms with E-state index in [9.17, 15) is 4.79 Å². The number of anilines is 3. The maximum Gasteiger partial charge on any atom is 0.317 e. The monoisotopic (exact) mass is 350 g/mol. The van der Waals surface area contributed by atoms with Crippen molar-refractivity contribution in [2.24, 2.45) is 0 Å². The average Bonchev–Trinajstić information content (AvgIpc) is 2.62. The quantitative estimate of drug-likeness (QED) is 0.678. The van der Waals surface area contributed by atoms with Gasteiger partial charge in [-0.1, -0.05) is 0 Å². The van der Waals surface area contributed by atoms with Gasteiger partial charge < -0.3 is 25.1 Å². The zero-order valence-electron chi connectivity index (χ0n) is 14.8. The molecular formula is C15H26N8O2. The second-order valence-electron chi connectivity index (χ2n) is 6.46. The van der Waals surface area contributed by atoms with E-state index < -0.39 is 5.97 Å². The molecule has 0 unspecified atom stereocenters. The lowest BCUT2D eigenvalue weighted by Gasteiger charge is -2.35. The molecule has 2 N–H and O–H groups in total. The second-order valence-corrected chi connectivity index (χ2v) is 6.46. The first kappa shape index (κ1) is 17.6. The van der Waals surface area contributed by atoms with E-state index in [1.807, 2.05) is 4.90 Å². The minimum Gasteiger partial charge on any atom is -0.480 e. The van der Waals surface area contributed by atoms with Crippen molar-refractivity contribution in [3.63, 3.8) is 0 Å². The van der Waals surface area contributed by atoms with Crippen molar-refractivity contribution in [3.8, 4) is 0 Å². The van der Waals surface area contributed by atoms with Gasteiger partial charge in [0.1, 0.15) is 0 Å². The van der Waals surface area contributed by atoms with Crippen LogP contribution in [0.25, 0.3) is 0 Å². The zero-order valence-corrected chi connectivity index (χ0v) is 14.8. The molecule has 2 saturated heterocycles. The summed E-state index contributed by atoms with van der Waals surface area (Å²) in [7, 11) is 3.92. The molecule has 3 rings (SSSR count). The van der Waals surface area contributed by atoms with Gasteiger partial charge in [0.2, 0.25) is 17.8 Å². The lowest BCUT2D eigenvalue weighted by atomic mass is 10.3. The van der Waals surface area contributed by atoms with E-state index in [0.29, 0.717) is 44.0 Å². The summed E-state index contributed by atoms with van der Waals surface area (Å²) in [5, 5.41) is 11.9. The van der Waals surface area contributed by atoms with Crippen molar-refractivity contribution in [2.45, 2.75) is 0 Å². The fourth-order valence-electron chi connectivity index (χ4n) is 3.05. The van der Waals surface area contributed by atoms with E-state index in [0.717, 1.165) is 26.2 Å². The molecule has 2 aliphatic heterocycles. The topological polar surface area (TPSA) is 101 Å². The van der Waals surface area contributed by atoms with Gasteiger partial charge in [-0.05, 0) is 7.05 Å². The summed E-state index contributed by atoms with van der Waals surface area (Å²) in [6, 6.07) is 0. The summed E-state index contributed by atoms with van der Waals surface area (Å²) in [5.41, 5.74) is 0. The molecule has 0 aromatic carbocycles. The predicted octanol–water partition coefficient (Wildman–Crippen LogP) is -1.13. The Morgan fingerprint density at radius 3 is 1.96 bits per heavy atom. The highest BCUT2D eigenvalue weighted by Gasteiger charge is 2.23. The molecule has 3 heterocycles. The molecule has 10 nitrogen and oxygen atoms in total. The Bertz CT molecular complexity index is 597. The molecule has 0 bridgehead atoms. The number of carboxylic acids is 1. The standard InChI is InChI=1S/C15H26N8O2/c1-16-13-17-14(22-7-3-20(2)4-8-22)19-15(18-13)23-9-5-21(6-10-23)11-12(24)25/h3-11H2,1-2H3,(H,24,25)(H,16,17,18,19). The van der Waals surface area contributed by atoms with Crippen LogP contribution < -0.4 is 15.1 Å². The maximum atomic E-state index is 10.8. The van der Waals surface area contributed by atoms with Gasteiger partial charge in [-0.3, -0.25) is 9.69 Å². The molecule has 0 aliphatic carbocycles. The van der Waals surface area contributed by atoms with Crippen molar-refractivity contribution in [1.82, 2.24) is 24.8 Å². The third-order valence-electron chi connectivity index (χ3n) is 4.64. The number of carbonyl (C=O) groups is 1. The molecule has 0 amide bonds. The first-order valence-electron chi connectivity index (χ1n) is 8.61. The number of piperazine rings is 2. The number of rotatable bonds is 5. The number of aliphatic carboxylic acids is 1. The van der Waals surface area contributed by atoms with E-state index in [2.05, 4.69) is 42.0 Å². The largest absolute Gasteiger partial charge is 0.480 e. The number of nitrogens with zero attached hydrogens (tertiary/aromatic N) is 7. The van der Waals surface area contributed by atoms with Crippen molar-refractivity contribution in [2.75, 3.05) is 88.1 Å². The van der Waals surface area contributed by atoms with Crippen LogP contribution >= 0.6 is 0 Å². The van der Waals surface area contributed by atoms with Gasteiger partial charge in [0.05, 0.1) is 6.54 Å². The molecule has 1 aromatic rings. The summed E-state index contributed by atoms with van der Waals surface area (Å²) in [6.45, 7) is 6.66. The molecule has 25 heavy (non-hydrogen) atoms. The van der Waals surface area contributed by atoms with E-state index in [1.54, 1.807) is 7.05 Å². The Hall–Kier alpha value is -2.20. The van der Waals surface area contributed by atoms with Crippen molar-refractivity contribution in [3.05, 3.63) is 0 Å². The fraction of sp³-hybridized carbons (Fsp3) is 0.733. The molecule has 10 heteroatoms. The van der Waals surface area contributed by atoms with Crippen LogP contribution in [0, 0.1) is 0 Å². The summed E-state index contributed by atoms with van der Waals surface area (Å²) in [5.74, 6) is 1.13. The summed E-state index contributed by atoms with van der Waals surface area (Å²) < 4.78 is 0. The Morgan fingerprint density at radius 2 is 1.48 bits per heavy atom. The second kappa shape index (κ2) is 7.79. The average molecular weight is 350 g/mol. The molecule has 0 saturated carbocycles. The maximum absolute atomic E-state index is 10.8. The van der Waals surface area contributed by atoms with Crippen LogP contribution in [0.1, 0.15) is 0 Å². The van der Waals surface area contributed by atoms with Crippen molar-refractivity contribution < 1.29 is 9.90 Å². The highest BCUT2D eigenvalue weighted by Crippen LogP contribution is 2.19. The van der Waals surface area contributed by atoms with Crippen LogP contribution in [-0.2, 0) is 4.79 Å². The number of nitrogens with one attached hydrogen (secondary N) is 1. The summed E-state index contributed by atoms with van der Waals surface area (Å²) >= 11 is 0. The SMILES string of the molecule is CNc1nc(N2CCN(C)CC2)nc(N2CCN(CC(=O)O)CC2)n1. The van der Waals surface area contributed by atoms with E-state index >= 15 is 0 Å². The number of aromatic nitrogens is 3. The Kier molecular flexibility index (Phi) is 5.49. The Balaban J connectivity index is 1.71. The van der Waals surface area contributed by atoms with Crippen molar-refractivity contribution >= 4 is 23.8 Å². The van der Waals surface area contributed by atoms with Crippen LogP contribution in [0.4, 0.5) is 17.8 Å². The van der Waals surface area contributed by atoms with Crippen LogP contribution in [0.5, 0.6) is 0 Å². The van der Waals surface area contributed by atoms with Crippen LogP contribution in [0.15, 0.2) is 0 Å². The highest BCUT2D eigenvalue weighted by molar-refractivity contribution is 5.69. The van der Waals surface area contributed by atoms with Crippen molar-refractivity contribution in [1.29, 1.82) is 0 Å². The minimum atomic E-state index is -0.788. The zero-order chi connectivity index (χ0) is 17.8. The van der Waals surface area contributed by atoms with Crippen LogP contribution in [-0.4, -0.2) is 109 Å². The number of hydrogen-bond donors (Lipinski definition) is 2. The first-order valence-corrected chi connectivity index (χ1v) is 8.61. The van der Waals surface area contributed by atoms with E-state index in [1.165, 1.54) is 0 Å². The summed E-state index contributed by atoms with van der Waals surface area (Å²) in [4.78, 5) is 33.0. The van der Waals surface area contributed by atoms with E-state index in [-0.39, 0.29) is 6.54 Å². The van der Waals surface area contributed by atoms with Gasteiger partial charge in [0.15, 0.2) is 0 Å². The molecule has 0 atom stereocenters. The smallest absolute Gasteiger partial charge is 0.317 e. The van der Waals surface area contributed by atoms with E-state index in [4.69, 9.17) is 5.11 Å². The van der Waals surface area contributed by atoms with Gasteiger partial charge in [0.25, 0.3) is 0 Å². The molecule has 2 aliphatic rings. The lowest BCUT2D eigenvalue weighted by molar-refractivity contribution is -0.138. The third kappa shape index (κ3) is 4.45. The number of carboxylic acid groups (broad SMARTS) is 1. The van der Waals surface area contributed by atoms with Gasteiger partial charge in [0, 0.05) is 59.4 Å².